The van der Waals surface area contributed by atoms with E-state index in [4.69, 9.17) is 17.2 Å². The number of Topliss-reactive ketones (excluding diaryl/α,β-unsaturated/α-hetero) is 1. The lowest BCUT2D eigenvalue weighted by Crippen LogP contribution is -2.50. The minimum atomic E-state index is -4.46. The van der Waals surface area contributed by atoms with E-state index >= 15 is 0 Å². The molecule has 0 spiro atoms. The molecule has 9 N–H and O–H groups in total. The van der Waals surface area contributed by atoms with Gasteiger partial charge in [-0.05, 0) is 67.2 Å². The molecule has 1 unspecified atom stereocenters. The summed E-state index contributed by atoms with van der Waals surface area (Å²) in [5.74, 6) is -1.21. The summed E-state index contributed by atoms with van der Waals surface area (Å²) in [7, 11) is 0. The molecule has 0 bridgehead atoms. The maximum atomic E-state index is 13.3. The molecule has 43 heavy (non-hydrogen) atoms. The fourth-order valence-corrected chi connectivity index (χ4v) is 5.29. The fraction of sp³-hybridized carbons (Fsp3) is 0.500. The lowest BCUT2D eigenvalue weighted by molar-refractivity contribution is -0.137. The van der Waals surface area contributed by atoms with Crippen molar-refractivity contribution >= 4 is 30.0 Å². The smallest absolute Gasteiger partial charge is 0.416 e. The van der Waals surface area contributed by atoms with Crippen molar-refractivity contribution in [2.45, 2.75) is 94.6 Å². The number of benzene rings is 2. The Bertz CT molecular complexity index is 1240. The Labute approximate surface area is 250 Å². The van der Waals surface area contributed by atoms with Gasteiger partial charge in [0.25, 0.3) is 0 Å². The van der Waals surface area contributed by atoms with Gasteiger partial charge in [-0.15, -0.1) is 0 Å². The van der Waals surface area contributed by atoms with Crippen LogP contribution in [0.2, 0.25) is 6.82 Å². The molecule has 2 aromatic carbocycles. The molecule has 13 heteroatoms. The molecule has 1 aliphatic carbocycles. The summed E-state index contributed by atoms with van der Waals surface area (Å²) < 4.78 is 38.9. The van der Waals surface area contributed by atoms with Crippen molar-refractivity contribution in [1.29, 1.82) is 0 Å². The van der Waals surface area contributed by atoms with Crippen LogP contribution in [-0.2, 0) is 33.4 Å². The van der Waals surface area contributed by atoms with Crippen molar-refractivity contribution in [1.82, 2.24) is 10.6 Å². The Balaban J connectivity index is 1.62. The zero-order valence-electron chi connectivity index (χ0n) is 24.3. The number of hydrogen-bond donors (Lipinski definition) is 6. The molecule has 234 valence electrons. The molecule has 3 rings (SSSR count). The van der Waals surface area contributed by atoms with E-state index in [0.717, 1.165) is 12.1 Å². The van der Waals surface area contributed by atoms with Crippen LogP contribution in [0.4, 0.5) is 13.2 Å². The van der Waals surface area contributed by atoms with Crippen molar-refractivity contribution in [2.75, 3.05) is 0 Å². The van der Waals surface area contributed by atoms with E-state index in [2.05, 4.69) is 10.6 Å². The molecule has 2 aromatic rings. The van der Waals surface area contributed by atoms with Crippen molar-refractivity contribution in [3.05, 3.63) is 65.2 Å². The highest BCUT2D eigenvalue weighted by Gasteiger charge is 2.30. The molecule has 2 amide bonds. The highest BCUT2D eigenvalue weighted by molar-refractivity contribution is 6.64. The van der Waals surface area contributed by atoms with Crippen LogP contribution in [0.1, 0.15) is 55.2 Å². The third-order valence-electron chi connectivity index (χ3n) is 7.68. The van der Waals surface area contributed by atoms with E-state index in [-0.39, 0.29) is 61.9 Å². The van der Waals surface area contributed by atoms with Crippen molar-refractivity contribution in [3.8, 4) is 0 Å². The van der Waals surface area contributed by atoms with E-state index in [1.807, 2.05) is 0 Å². The number of ketones is 1. The van der Waals surface area contributed by atoms with E-state index < -0.39 is 36.6 Å². The standard InChI is InChI=1S/C30H41BF3N5O4/c1-31(43)21-4-2-3-19(13-21)14-27(40)26(11-7-18-5-8-20(9-6-18)30(32,33)34)39-29(42)25(37)10-12-28(41)38-24-16-22(35)15-23(36)17-24/h2-6,8-9,13,22-26,43H,7,10-12,14-17,35-37H2,1H3,(H,38,41)(H,39,42)/t22-,23+,24?,25-,26+/m0/s1. The van der Waals surface area contributed by atoms with E-state index in [0.29, 0.717) is 35.9 Å². The van der Waals surface area contributed by atoms with Crippen molar-refractivity contribution in [2.24, 2.45) is 17.2 Å². The lowest BCUT2D eigenvalue weighted by atomic mass is 9.64. The molecule has 9 nitrogen and oxygen atoms in total. The summed E-state index contributed by atoms with van der Waals surface area (Å²) in [5, 5.41) is 15.5. The molecule has 5 atom stereocenters. The van der Waals surface area contributed by atoms with Gasteiger partial charge in [0.05, 0.1) is 17.6 Å². The minimum absolute atomic E-state index is 0.00807. The van der Waals surface area contributed by atoms with Gasteiger partial charge in [0, 0.05) is 31.0 Å². The van der Waals surface area contributed by atoms with Crippen molar-refractivity contribution in [3.63, 3.8) is 0 Å². The topological polar surface area (TPSA) is 174 Å². The van der Waals surface area contributed by atoms with Gasteiger partial charge >= 0.3 is 13.1 Å². The monoisotopic (exact) mass is 603 g/mol. The number of alkyl halides is 3. The first-order valence-corrected chi connectivity index (χ1v) is 14.5. The van der Waals surface area contributed by atoms with Gasteiger partial charge in [0.2, 0.25) is 11.8 Å². The summed E-state index contributed by atoms with van der Waals surface area (Å²) in [6, 6.07) is 9.15. The van der Waals surface area contributed by atoms with Crippen LogP contribution >= 0.6 is 0 Å². The molecule has 0 aromatic heterocycles. The molecule has 0 saturated heterocycles. The number of carbonyl (C=O) groups excluding carboxylic acids is 3. The van der Waals surface area contributed by atoms with Gasteiger partial charge in [-0.1, -0.05) is 43.2 Å². The van der Waals surface area contributed by atoms with E-state index in [9.17, 15) is 32.6 Å². The van der Waals surface area contributed by atoms with Crippen LogP contribution in [0.3, 0.4) is 0 Å². The number of nitrogens with one attached hydrogen (secondary N) is 2. The highest BCUT2D eigenvalue weighted by atomic mass is 19.4. The maximum Gasteiger partial charge on any atom is 0.416 e. The number of halogens is 3. The number of amides is 2. The zero-order valence-corrected chi connectivity index (χ0v) is 24.3. The van der Waals surface area contributed by atoms with E-state index in [1.54, 1.807) is 31.1 Å². The van der Waals surface area contributed by atoms with Crippen LogP contribution in [0.5, 0.6) is 0 Å². The number of nitrogens with two attached hydrogens (primary N) is 3. The lowest BCUT2D eigenvalue weighted by Gasteiger charge is -2.31. The highest BCUT2D eigenvalue weighted by Crippen LogP contribution is 2.29. The molecule has 1 saturated carbocycles. The molecule has 0 radical (unpaired) electrons. The quantitative estimate of drug-likeness (QED) is 0.187. The van der Waals surface area contributed by atoms with Crippen LogP contribution in [0.15, 0.2) is 48.5 Å². The summed E-state index contributed by atoms with van der Waals surface area (Å²) >= 11 is 0. The molecule has 0 aliphatic heterocycles. The van der Waals surface area contributed by atoms with Crippen LogP contribution in [-0.4, -0.2) is 59.7 Å². The molecular formula is C30H41BF3N5O4. The fourth-order valence-electron chi connectivity index (χ4n) is 5.29. The summed E-state index contributed by atoms with van der Waals surface area (Å²) in [4.78, 5) is 38.8. The van der Waals surface area contributed by atoms with Gasteiger partial charge in [-0.3, -0.25) is 14.4 Å². The second-order valence-corrected chi connectivity index (χ2v) is 11.5. The van der Waals surface area contributed by atoms with Crippen LogP contribution in [0.25, 0.3) is 0 Å². The van der Waals surface area contributed by atoms with Gasteiger partial charge in [-0.2, -0.15) is 13.2 Å². The third-order valence-corrected chi connectivity index (χ3v) is 7.68. The number of carbonyl (C=O) groups is 3. The molecule has 1 aliphatic rings. The van der Waals surface area contributed by atoms with Gasteiger partial charge in [-0.25, -0.2) is 0 Å². The van der Waals surface area contributed by atoms with Crippen molar-refractivity contribution < 1.29 is 32.6 Å². The minimum Gasteiger partial charge on any atom is -0.447 e. The third kappa shape index (κ3) is 11.1. The Morgan fingerprint density at radius 1 is 1.00 bits per heavy atom. The summed E-state index contributed by atoms with van der Waals surface area (Å²) in [6.45, 7) is 0.876. The molecular weight excluding hydrogens is 562 g/mol. The second kappa shape index (κ2) is 15.5. The Morgan fingerprint density at radius 3 is 2.26 bits per heavy atom. The Morgan fingerprint density at radius 2 is 1.65 bits per heavy atom. The average Bonchev–Trinajstić information content (AvgIpc) is 2.93. The molecule has 1 fully saturated rings. The first-order valence-electron chi connectivity index (χ1n) is 14.5. The number of hydrogen-bond acceptors (Lipinski definition) is 7. The second-order valence-electron chi connectivity index (χ2n) is 11.5. The van der Waals surface area contributed by atoms with E-state index in [1.165, 1.54) is 12.1 Å². The van der Waals surface area contributed by atoms with Crippen LogP contribution in [0, 0.1) is 0 Å². The zero-order chi connectivity index (χ0) is 31.7. The predicted octanol–water partition coefficient (Wildman–Crippen LogP) is 1.19. The Hall–Kier alpha value is -3.26. The molecule has 0 heterocycles. The average molecular weight is 603 g/mol. The van der Waals surface area contributed by atoms with Gasteiger partial charge < -0.3 is 32.9 Å². The maximum absolute atomic E-state index is 13.3. The van der Waals surface area contributed by atoms with Gasteiger partial charge in [0.15, 0.2) is 5.78 Å². The normalized spacial score (nSPS) is 20.1. The first-order chi connectivity index (χ1) is 20.2. The van der Waals surface area contributed by atoms with Crippen LogP contribution < -0.4 is 33.3 Å². The number of rotatable bonds is 13. The first kappa shape index (κ1) is 34.2. The largest absolute Gasteiger partial charge is 0.447 e. The predicted molar refractivity (Wildman–Crippen MR) is 159 cm³/mol. The summed E-state index contributed by atoms with van der Waals surface area (Å²) in [6.07, 6.45) is -2.18. The number of aryl methyl sites for hydroxylation is 1. The SMILES string of the molecule is CB(O)c1cccc(CC(=O)[C@@H](CCc2ccc(C(F)(F)F)cc2)NC(=O)[C@@H](N)CCC(=O)NC2C[C@@H](N)C[C@@H](N)C2)c1. The Kier molecular flexibility index (Phi) is 12.3. The van der Waals surface area contributed by atoms with Gasteiger partial charge in [0.1, 0.15) is 0 Å². The summed E-state index contributed by atoms with van der Waals surface area (Å²) in [5.41, 5.74) is 19.1.